The smallest absolute Gasteiger partial charge is 0.338 e. The number of rotatable bonds is 16. The van der Waals surface area contributed by atoms with Crippen LogP contribution in [0.3, 0.4) is 0 Å². The summed E-state index contributed by atoms with van der Waals surface area (Å²) in [7, 11) is 0. The molecule has 4 heteroatoms. The van der Waals surface area contributed by atoms with Crippen molar-refractivity contribution in [3.63, 3.8) is 0 Å². The number of hydrogen-bond donors (Lipinski definition) is 0. The Kier molecular flexibility index (Phi) is 13.8. The first-order chi connectivity index (χ1) is 19.4. The topological polar surface area (TPSA) is 52.6 Å². The molecule has 2 aromatic rings. The van der Waals surface area contributed by atoms with Crippen LogP contribution in [0.5, 0.6) is 0 Å². The first-order valence-corrected chi connectivity index (χ1v) is 16.0. The summed E-state index contributed by atoms with van der Waals surface area (Å²) in [4.78, 5) is 25.1. The highest BCUT2D eigenvalue weighted by molar-refractivity contribution is 5.90. The van der Waals surface area contributed by atoms with Crippen molar-refractivity contribution < 1.29 is 19.1 Å². The van der Waals surface area contributed by atoms with Gasteiger partial charge in [0, 0.05) is 0 Å². The molecule has 2 aromatic carbocycles. The van der Waals surface area contributed by atoms with Crippen LogP contribution in [0, 0.1) is 0 Å². The predicted octanol–water partition coefficient (Wildman–Crippen LogP) is 10.2. The molecule has 1 fully saturated rings. The molecule has 4 nitrogen and oxygen atoms in total. The molecule has 0 spiro atoms. The zero-order chi connectivity index (χ0) is 28.7. The van der Waals surface area contributed by atoms with Gasteiger partial charge in [-0.1, -0.05) is 76.6 Å². The van der Waals surface area contributed by atoms with Crippen LogP contribution in [-0.2, 0) is 9.47 Å². The van der Waals surface area contributed by atoms with Gasteiger partial charge in [-0.2, -0.15) is 0 Å². The van der Waals surface area contributed by atoms with E-state index in [1.165, 1.54) is 49.7 Å². The Morgan fingerprint density at radius 2 is 0.950 bits per heavy atom. The van der Waals surface area contributed by atoms with Gasteiger partial charge in [-0.25, -0.2) is 9.59 Å². The van der Waals surface area contributed by atoms with Crippen molar-refractivity contribution in [3.05, 3.63) is 70.8 Å². The molecule has 0 saturated heterocycles. The van der Waals surface area contributed by atoms with E-state index in [4.69, 9.17) is 9.47 Å². The summed E-state index contributed by atoms with van der Waals surface area (Å²) in [5.74, 6) is 0.609. The van der Waals surface area contributed by atoms with Gasteiger partial charge < -0.3 is 9.47 Å². The minimum atomic E-state index is -0.216. The average Bonchev–Trinajstić information content (AvgIpc) is 2.98. The van der Waals surface area contributed by atoms with Gasteiger partial charge in [0.05, 0.1) is 23.3 Å². The molecule has 2 atom stereocenters. The molecule has 0 N–H and O–H groups in total. The van der Waals surface area contributed by atoms with Crippen molar-refractivity contribution in [2.75, 3.05) is 0 Å². The number of esters is 2. The first-order valence-electron chi connectivity index (χ1n) is 16.0. The van der Waals surface area contributed by atoms with E-state index < -0.39 is 0 Å². The molecule has 1 saturated carbocycles. The van der Waals surface area contributed by atoms with Crippen molar-refractivity contribution in [1.82, 2.24) is 0 Å². The number of benzene rings is 2. The Morgan fingerprint density at radius 3 is 1.27 bits per heavy atom. The van der Waals surface area contributed by atoms with Gasteiger partial charge in [-0.15, -0.1) is 0 Å². The van der Waals surface area contributed by atoms with Gasteiger partial charge in [0.15, 0.2) is 0 Å². The fourth-order valence-corrected chi connectivity index (χ4v) is 5.88. The average molecular weight is 549 g/mol. The van der Waals surface area contributed by atoms with Crippen molar-refractivity contribution in [2.24, 2.45) is 0 Å². The van der Waals surface area contributed by atoms with Crippen LogP contribution < -0.4 is 0 Å². The molecule has 0 aliphatic heterocycles. The number of carbonyl (C=O) groups is 2. The number of carbonyl (C=O) groups excluding carboxylic acids is 2. The van der Waals surface area contributed by atoms with Crippen LogP contribution in [0.25, 0.3) is 0 Å². The summed E-state index contributed by atoms with van der Waals surface area (Å²) in [6.07, 6.45) is 15.8. The summed E-state index contributed by atoms with van der Waals surface area (Å²) in [6.45, 7) is 8.39. The van der Waals surface area contributed by atoms with Crippen LogP contribution in [0.1, 0.15) is 161 Å². The fourth-order valence-electron chi connectivity index (χ4n) is 5.88. The maximum atomic E-state index is 12.6. The molecule has 2 unspecified atom stereocenters. The molecule has 0 bridgehead atoms. The highest BCUT2D eigenvalue weighted by Gasteiger charge is 2.24. The van der Waals surface area contributed by atoms with Gasteiger partial charge in [0.25, 0.3) is 0 Å². The molecule has 0 amide bonds. The molecule has 0 heterocycles. The van der Waals surface area contributed by atoms with Crippen LogP contribution in [0.2, 0.25) is 0 Å². The summed E-state index contributed by atoms with van der Waals surface area (Å²) in [5.41, 5.74) is 3.90. The number of hydrogen-bond acceptors (Lipinski definition) is 4. The third-order valence-corrected chi connectivity index (χ3v) is 8.51. The van der Waals surface area contributed by atoms with E-state index in [1.54, 1.807) is 0 Å². The van der Waals surface area contributed by atoms with Crippen molar-refractivity contribution >= 4 is 11.9 Å². The SMILES string of the molecule is CCCCCCC(C)OC(=O)c1ccc(C2CCC(c3ccc(C(=O)OC(C)CCCCCC)cc3)CC2)cc1. The van der Waals surface area contributed by atoms with Gasteiger partial charge in [-0.05, 0) is 112 Å². The van der Waals surface area contributed by atoms with E-state index in [2.05, 4.69) is 38.1 Å². The summed E-state index contributed by atoms with van der Waals surface area (Å²) in [5, 5.41) is 0. The van der Waals surface area contributed by atoms with Gasteiger partial charge >= 0.3 is 11.9 Å². The predicted molar refractivity (Wildman–Crippen MR) is 164 cm³/mol. The maximum absolute atomic E-state index is 12.6. The zero-order valence-electron chi connectivity index (χ0n) is 25.5. The van der Waals surface area contributed by atoms with Crippen LogP contribution in [0.4, 0.5) is 0 Å². The molecule has 0 radical (unpaired) electrons. The summed E-state index contributed by atoms with van der Waals surface area (Å²) in [6, 6.07) is 16.2. The molecule has 3 rings (SSSR count). The molecule has 1 aliphatic carbocycles. The van der Waals surface area contributed by atoms with E-state index in [0.29, 0.717) is 23.0 Å². The number of ether oxygens (including phenoxy) is 2. The van der Waals surface area contributed by atoms with Crippen LogP contribution in [-0.4, -0.2) is 24.1 Å². The van der Waals surface area contributed by atoms with Gasteiger partial charge in [0.2, 0.25) is 0 Å². The van der Waals surface area contributed by atoms with E-state index in [1.807, 2.05) is 38.1 Å². The lowest BCUT2D eigenvalue weighted by Crippen LogP contribution is -2.16. The summed E-state index contributed by atoms with van der Waals surface area (Å²) >= 11 is 0. The molecule has 1 aliphatic rings. The fraction of sp³-hybridized carbons (Fsp3) is 0.611. The minimum Gasteiger partial charge on any atom is -0.459 e. The van der Waals surface area contributed by atoms with E-state index >= 15 is 0 Å². The Labute approximate surface area is 243 Å². The lowest BCUT2D eigenvalue weighted by molar-refractivity contribution is 0.0309. The van der Waals surface area contributed by atoms with Crippen molar-refractivity contribution in [2.45, 2.75) is 142 Å². The van der Waals surface area contributed by atoms with Crippen LogP contribution >= 0.6 is 0 Å². The normalized spacial score (nSPS) is 18.6. The van der Waals surface area contributed by atoms with Crippen molar-refractivity contribution in [1.29, 1.82) is 0 Å². The second-order valence-corrected chi connectivity index (χ2v) is 11.9. The number of unbranched alkanes of at least 4 members (excludes halogenated alkanes) is 6. The second kappa shape index (κ2) is 17.3. The molecule has 220 valence electrons. The third kappa shape index (κ3) is 10.4. The highest BCUT2D eigenvalue weighted by atomic mass is 16.5. The molecule has 0 aromatic heterocycles. The molecular formula is C36H52O4. The Bertz CT molecular complexity index is 919. The Hall–Kier alpha value is -2.62. The highest BCUT2D eigenvalue weighted by Crippen LogP contribution is 2.40. The van der Waals surface area contributed by atoms with E-state index in [-0.39, 0.29) is 24.1 Å². The first kappa shape index (κ1) is 31.9. The van der Waals surface area contributed by atoms with Crippen LogP contribution in [0.15, 0.2) is 48.5 Å². The van der Waals surface area contributed by atoms with E-state index in [9.17, 15) is 9.59 Å². The minimum absolute atomic E-state index is 0.0390. The molecule has 40 heavy (non-hydrogen) atoms. The Morgan fingerprint density at radius 1 is 0.600 bits per heavy atom. The lowest BCUT2D eigenvalue weighted by Gasteiger charge is -2.29. The Balaban J connectivity index is 1.42. The van der Waals surface area contributed by atoms with Gasteiger partial charge in [-0.3, -0.25) is 0 Å². The molecular weight excluding hydrogens is 496 g/mol. The third-order valence-electron chi connectivity index (χ3n) is 8.51. The monoisotopic (exact) mass is 548 g/mol. The standard InChI is InChI=1S/C36H52O4/c1-5-7-9-11-13-27(3)39-35(37)33-23-19-31(20-24-33)29-15-17-30(18-16-29)32-21-25-34(26-22-32)36(38)40-28(4)14-12-10-8-6-2/h19-30H,5-18H2,1-4H3. The quantitative estimate of drug-likeness (QED) is 0.155. The summed E-state index contributed by atoms with van der Waals surface area (Å²) < 4.78 is 11.3. The lowest BCUT2D eigenvalue weighted by atomic mass is 9.76. The van der Waals surface area contributed by atoms with E-state index in [0.717, 1.165) is 51.4 Å². The zero-order valence-corrected chi connectivity index (χ0v) is 25.5. The largest absolute Gasteiger partial charge is 0.459 e. The van der Waals surface area contributed by atoms with Crippen molar-refractivity contribution in [3.8, 4) is 0 Å². The second-order valence-electron chi connectivity index (χ2n) is 11.9. The maximum Gasteiger partial charge on any atom is 0.338 e. The van der Waals surface area contributed by atoms with Gasteiger partial charge in [0.1, 0.15) is 0 Å².